The van der Waals surface area contributed by atoms with Gasteiger partial charge >= 0.3 is 0 Å². The first-order chi connectivity index (χ1) is 11.2. The number of hydrogen-bond donors (Lipinski definition) is 1. The normalized spacial score (nSPS) is 15.3. The number of amides is 1. The molecule has 1 aliphatic rings. The number of aromatic amines is 1. The minimum atomic E-state index is 0.180. The van der Waals surface area contributed by atoms with Crippen LogP contribution in [0.2, 0.25) is 0 Å². The van der Waals surface area contributed by atoms with Crippen molar-refractivity contribution in [2.45, 2.75) is 40.0 Å². The number of aromatic nitrogens is 1. The lowest BCUT2D eigenvalue weighted by molar-refractivity contribution is -0.135. The Labute approximate surface area is 138 Å². The largest absolute Gasteiger partial charge is 0.358 e. The SMILES string of the molecule is CCC(CC)C(=O)N1CC=C(c2c(C)[nH]c3ccccc23)CC1. The molecule has 23 heavy (non-hydrogen) atoms. The average molecular weight is 310 g/mol. The Morgan fingerprint density at radius 3 is 2.65 bits per heavy atom. The van der Waals surface area contributed by atoms with Crippen LogP contribution in [0, 0.1) is 12.8 Å². The predicted octanol–water partition coefficient (Wildman–Crippen LogP) is 4.53. The van der Waals surface area contributed by atoms with Gasteiger partial charge in [0.2, 0.25) is 5.91 Å². The summed E-state index contributed by atoms with van der Waals surface area (Å²) in [5.41, 5.74) is 5.11. The van der Waals surface area contributed by atoms with Crippen molar-refractivity contribution in [2.75, 3.05) is 13.1 Å². The highest BCUT2D eigenvalue weighted by Crippen LogP contribution is 2.32. The quantitative estimate of drug-likeness (QED) is 0.885. The van der Waals surface area contributed by atoms with Gasteiger partial charge in [-0.15, -0.1) is 0 Å². The maximum absolute atomic E-state index is 12.5. The van der Waals surface area contributed by atoms with Crippen molar-refractivity contribution in [1.82, 2.24) is 9.88 Å². The predicted molar refractivity (Wildman–Crippen MR) is 96.3 cm³/mol. The van der Waals surface area contributed by atoms with Gasteiger partial charge in [0.1, 0.15) is 0 Å². The van der Waals surface area contributed by atoms with E-state index in [0.29, 0.717) is 5.91 Å². The molecule has 0 spiro atoms. The molecule has 1 aliphatic heterocycles. The number of benzene rings is 1. The summed E-state index contributed by atoms with van der Waals surface area (Å²) >= 11 is 0. The van der Waals surface area contributed by atoms with E-state index >= 15 is 0 Å². The van der Waals surface area contributed by atoms with Gasteiger partial charge < -0.3 is 9.88 Å². The Morgan fingerprint density at radius 1 is 1.26 bits per heavy atom. The molecule has 3 heteroatoms. The van der Waals surface area contributed by atoms with Gasteiger partial charge in [0, 0.05) is 41.2 Å². The molecule has 1 aromatic carbocycles. The minimum Gasteiger partial charge on any atom is -0.358 e. The fraction of sp³-hybridized carbons (Fsp3) is 0.450. The topological polar surface area (TPSA) is 36.1 Å². The smallest absolute Gasteiger partial charge is 0.225 e. The zero-order valence-electron chi connectivity index (χ0n) is 14.4. The van der Waals surface area contributed by atoms with Gasteiger partial charge in [0.25, 0.3) is 0 Å². The van der Waals surface area contributed by atoms with Crippen molar-refractivity contribution in [3.63, 3.8) is 0 Å². The molecule has 3 rings (SSSR count). The van der Waals surface area contributed by atoms with Crippen molar-refractivity contribution in [3.05, 3.63) is 41.6 Å². The van der Waals surface area contributed by atoms with E-state index in [1.807, 2.05) is 4.90 Å². The molecule has 0 aliphatic carbocycles. The fourth-order valence-corrected chi connectivity index (χ4v) is 3.68. The molecular formula is C20H26N2O. The first-order valence-electron chi connectivity index (χ1n) is 8.71. The molecule has 0 unspecified atom stereocenters. The molecule has 3 nitrogen and oxygen atoms in total. The number of para-hydroxylation sites is 1. The lowest BCUT2D eigenvalue weighted by Crippen LogP contribution is -2.38. The van der Waals surface area contributed by atoms with E-state index in [-0.39, 0.29) is 5.92 Å². The average Bonchev–Trinajstić information content (AvgIpc) is 2.91. The summed E-state index contributed by atoms with van der Waals surface area (Å²) in [5.74, 6) is 0.501. The van der Waals surface area contributed by atoms with Crippen molar-refractivity contribution in [1.29, 1.82) is 0 Å². The van der Waals surface area contributed by atoms with Crippen molar-refractivity contribution >= 4 is 22.4 Å². The number of fused-ring (bicyclic) bond motifs is 1. The van der Waals surface area contributed by atoms with Gasteiger partial charge in [-0.3, -0.25) is 4.79 Å². The highest BCUT2D eigenvalue weighted by Gasteiger charge is 2.24. The Bertz CT molecular complexity index is 737. The number of aryl methyl sites for hydroxylation is 1. The van der Waals surface area contributed by atoms with E-state index in [4.69, 9.17) is 0 Å². The Hall–Kier alpha value is -2.03. The number of rotatable bonds is 4. The van der Waals surface area contributed by atoms with E-state index in [9.17, 15) is 4.79 Å². The molecule has 0 saturated heterocycles. The minimum absolute atomic E-state index is 0.180. The van der Waals surface area contributed by atoms with Crippen molar-refractivity contribution in [2.24, 2.45) is 5.92 Å². The van der Waals surface area contributed by atoms with E-state index in [1.54, 1.807) is 0 Å². The number of hydrogen-bond acceptors (Lipinski definition) is 1. The summed E-state index contributed by atoms with van der Waals surface area (Å²) in [5, 5.41) is 1.29. The standard InChI is InChI=1S/C20H26N2O/c1-4-15(5-2)20(23)22-12-10-16(11-13-22)19-14(3)21-18-9-7-6-8-17(18)19/h6-10,15,21H,4-5,11-13H2,1-3H3. The van der Waals surface area contributed by atoms with E-state index in [2.05, 4.69) is 56.1 Å². The van der Waals surface area contributed by atoms with Crippen LogP contribution in [0.4, 0.5) is 0 Å². The van der Waals surface area contributed by atoms with Gasteiger partial charge in [-0.25, -0.2) is 0 Å². The molecule has 122 valence electrons. The molecule has 1 amide bonds. The Morgan fingerprint density at radius 2 is 2.00 bits per heavy atom. The summed E-state index contributed by atoms with van der Waals surface area (Å²) < 4.78 is 0. The molecular weight excluding hydrogens is 284 g/mol. The number of H-pyrrole nitrogens is 1. The van der Waals surface area contributed by atoms with Gasteiger partial charge in [-0.2, -0.15) is 0 Å². The van der Waals surface area contributed by atoms with Crippen LogP contribution in [-0.2, 0) is 4.79 Å². The summed E-state index contributed by atoms with van der Waals surface area (Å²) in [7, 11) is 0. The number of nitrogens with one attached hydrogen (secondary N) is 1. The lowest BCUT2D eigenvalue weighted by Gasteiger charge is -2.29. The third kappa shape index (κ3) is 2.92. The zero-order chi connectivity index (χ0) is 16.4. The van der Waals surface area contributed by atoms with Crippen molar-refractivity contribution in [3.8, 4) is 0 Å². The molecule has 2 heterocycles. The number of carbonyl (C=O) groups excluding carboxylic acids is 1. The highest BCUT2D eigenvalue weighted by atomic mass is 16.2. The molecule has 2 aromatic rings. The lowest BCUT2D eigenvalue weighted by atomic mass is 9.95. The summed E-state index contributed by atoms with van der Waals surface area (Å²) in [6.07, 6.45) is 5.05. The van der Waals surface area contributed by atoms with Crippen LogP contribution in [0.1, 0.15) is 44.4 Å². The number of carbonyl (C=O) groups is 1. The van der Waals surface area contributed by atoms with E-state index in [0.717, 1.165) is 32.4 Å². The number of nitrogens with zero attached hydrogens (tertiary/aromatic N) is 1. The molecule has 0 saturated carbocycles. The van der Waals surface area contributed by atoms with Crippen LogP contribution in [-0.4, -0.2) is 28.9 Å². The van der Waals surface area contributed by atoms with Crippen LogP contribution in [0.3, 0.4) is 0 Å². The molecule has 1 aromatic heterocycles. The molecule has 0 radical (unpaired) electrons. The Kier molecular flexibility index (Phi) is 4.56. The highest BCUT2D eigenvalue weighted by molar-refractivity contribution is 5.94. The molecule has 1 N–H and O–H groups in total. The summed E-state index contributed by atoms with van der Waals surface area (Å²) in [6.45, 7) is 7.92. The van der Waals surface area contributed by atoms with Crippen molar-refractivity contribution < 1.29 is 4.79 Å². The summed E-state index contributed by atoms with van der Waals surface area (Å²) in [6, 6.07) is 8.45. The first-order valence-corrected chi connectivity index (χ1v) is 8.71. The third-order valence-electron chi connectivity index (χ3n) is 5.07. The van der Waals surface area contributed by atoms with Gasteiger partial charge in [0.15, 0.2) is 0 Å². The van der Waals surface area contributed by atoms with Gasteiger partial charge in [-0.05, 0) is 37.8 Å². The second-order valence-electron chi connectivity index (χ2n) is 6.45. The van der Waals surface area contributed by atoms with Crippen LogP contribution in [0.5, 0.6) is 0 Å². The van der Waals surface area contributed by atoms with E-state index < -0.39 is 0 Å². The molecule has 0 atom stereocenters. The van der Waals surface area contributed by atoms with Crippen LogP contribution in [0.15, 0.2) is 30.3 Å². The van der Waals surface area contributed by atoms with Crippen LogP contribution in [0.25, 0.3) is 16.5 Å². The second kappa shape index (κ2) is 6.61. The zero-order valence-corrected chi connectivity index (χ0v) is 14.4. The van der Waals surface area contributed by atoms with Gasteiger partial charge in [-0.1, -0.05) is 38.1 Å². The fourth-order valence-electron chi connectivity index (χ4n) is 3.68. The second-order valence-corrected chi connectivity index (χ2v) is 6.45. The van der Waals surface area contributed by atoms with Gasteiger partial charge in [0.05, 0.1) is 0 Å². The maximum Gasteiger partial charge on any atom is 0.225 e. The first kappa shape index (κ1) is 15.9. The molecule has 0 bridgehead atoms. The van der Waals surface area contributed by atoms with E-state index in [1.165, 1.54) is 27.7 Å². The molecule has 0 fully saturated rings. The third-order valence-corrected chi connectivity index (χ3v) is 5.07. The Balaban J connectivity index is 1.84. The monoisotopic (exact) mass is 310 g/mol. The van der Waals surface area contributed by atoms with Crippen LogP contribution >= 0.6 is 0 Å². The maximum atomic E-state index is 12.5. The van der Waals surface area contributed by atoms with Crippen LogP contribution < -0.4 is 0 Å². The summed E-state index contributed by atoms with van der Waals surface area (Å²) in [4.78, 5) is 18.0.